The Morgan fingerprint density at radius 3 is 2.06 bits per heavy atom. The van der Waals surface area contributed by atoms with Crippen LogP contribution in [0.2, 0.25) is 0 Å². The second kappa shape index (κ2) is 9.18. The number of hydrogen-bond acceptors (Lipinski definition) is 5. The topological polar surface area (TPSA) is 87.2 Å². The Balaban J connectivity index is 0.00000119. The van der Waals surface area contributed by atoms with Gasteiger partial charge < -0.3 is 10.5 Å². The van der Waals surface area contributed by atoms with Gasteiger partial charge in [-0.1, -0.05) is 13.8 Å². The first-order valence-electron chi connectivity index (χ1n) is 11.8. The Bertz CT molecular complexity index is 949. The molecule has 4 aliphatic carbocycles. The molecule has 6 nitrogen and oxygen atoms in total. The molecular weight excluding hydrogens is 402 g/mol. The molecular formula is C26H35N3O3. The molecule has 32 heavy (non-hydrogen) atoms. The number of carbonyl (C=O) groups excluding carboxylic acids is 2. The van der Waals surface area contributed by atoms with Crippen LogP contribution in [0.4, 0.5) is 0 Å². The number of nitrogens with two attached hydrogens (primary N) is 1. The van der Waals surface area contributed by atoms with Crippen LogP contribution in [-0.2, 0) is 4.74 Å². The number of aromatic nitrogens is 2. The fourth-order valence-corrected chi connectivity index (χ4v) is 6.70. The number of hydrogen-bond donors (Lipinski definition) is 1. The molecule has 1 heterocycles. The van der Waals surface area contributed by atoms with Crippen LogP contribution in [-0.4, -0.2) is 35.7 Å². The lowest BCUT2D eigenvalue weighted by Gasteiger charge is -2.53. The standard InChI is InChI=1S/C25H30N2O3.CH5N/c1-14(2)23-21(13-26-27(23)20-6-4-17(5-7-20)25(29)30-3)24(28)22-18-9-15-8-16(11-18)12-19(22)10-15;1-2/h4-7,13-16,18-19,22H,8-12H2,1-3H3;2H2,1H3. The van der Waals surface area contributed by atoms with Crippen molar-refractivity contribution in [3.63, 3.8) is 0 Å². The van der Waals surface area contributed by atoms with E-state index in [-0.39, 0.29) is 17.8 Å². The molecule has 4 aliphatic rings. The monoisotopic (exact) mass is 437 g/mol. The van der Waals surface area contributed by atoms with Crippen LogP contribution >= 0.6 is 0 Å². The van der Waals surface area contributed by atoms with Crippen molar-refractivity contribution in [3.05, 3.63) is 47.3 Å². The molecule has 172 valence electrons. The molecule has 4 saturated carbocycles. The van der Waals surface area contributed by atoms with Crippen molar-refractivity contribution in [3.8, 4) is 5.69 Å². The second-order valence-electron chi connectivity index (χ2n) is 9.87. The Labute approximate surface area is 190 Å². The molecule has 0 aliphatic heterocycles. The van der Waals surface area contributed by atoms with Crippen molar-refractivity contribution in [2.24, 2.45) is 35.3 Å². The number of carbonyl (C=O) groups is 2. The van der Waals surface area contributed by atoms with Crippen molar-refractivity contribution in [2.45, 2.75) is 51.9 Å². The quantitative estimate of drug-likeness (QED) is 0.545. The number of nitrogens with zero attached hydrogens (tertiary/aromatic N) is 2. The van der Waals surface area contributed by atoms with Gasteiger partial charge in [0, 0.05) is 5.92 Å². The maximum atomic E-state index is 13.8. The Morgan fingerprint density at radius 1 is 1.00 bits per heavy atom. The maximum absolute atomic E-state index is 13.8. The normalized spacial score (nSPS) is 27.8. The number of ketones is 1. The highest BCUT2D eigenvalue weighted by atomic mass is 16.5. The molecule has 0 amide bonds. The van der Waals surface area contributed by atoms with Crippen LogP contribution in [0.1, 0.15) is 78.3 Å². The number of Topliss-reactive ketones (excluding diaryl/α,β-unsaturated/α-hetero) is 1. The van der Waals surface area contributed by atoms with E-state index in [2.05, 4.69) is 24.7 Å². The predicted octanol–water partition coefficient (Wildman–Crippen LogP) is 4.61. The van der Waals surface area contributed by atoms with Crippen molar-refractivity contribution in [1.82, 2.24) is 9.78 Å². The van der Waals surface area contributed by atoms with E-state index in [0.29, 0.717) is 23.2 Å². The van der Waals surface area contributed by atoms with E-state index in [0.717, 1.165) is 28.8 Å². The maximum Gasteiger partial charge on any atom is 0.337 e. The molecule has 2 aromatic rings. The van der Waals surface area contributed by atoms with Gasteiger partial charge in [-0.3, -0.25) is 4.79 Å². The fraction of sp³-hybridized carbons (Fsp3) is 0.577. The molecule has 4 bridgehead atoms. The smallest absolute Gasteiger partial charge is 0.337 e. The minimum absolute atomic E-state index is 0.170. The average Bonchev–Trinajstić information content (AvgIpc) is 3.25. The average molecular weight is 438 g/mol. The SMILES string of the molecule is CN.COC(=O)c1ccc(-n2ncc(C(=O)C3C4CC5CC(C4)CC3C5)c2C(C)C)cc1. The summed E-state index contributed by atoms with van der Waals surface area (Å²) in [6, 6.07) is 7.21. The molecule has 0 spiro atoms. The lowest BCUT2D eigenvalue weighted by molar-refractivity contribution is -0.0251. The summed E-state index contributed by atoms with van der Waals surface area (Å²) in [6.07, 6.45) is 8.13. The van der Waals surface area contributed by atoms with E-state index in [1.165, 1.54) is 46.3 Å². The minimum atomic E-state index is -0.358. The summed E-state index contributed by atoms with van der Waals surface area (Å²) < 4.78 is 6.66. The largest absolute Gasteiger partial charge is 0.465 e. The van der Waals surface area contributed by atoms with Crippen LogP contribution in [0, 0.1) is 29.6 Å². The van der Waals surface area contributed by atoms with Gasteiger partial charge in [0.2, 0.25) is 0 Å². The lowest BCUT2D eigenvalue weighted by Crippen LogP contribution is -2.48. The van der Waals surface area contributed by atoms with Crippen molar-refractivity contribution in [1.29, 1.82) is 0 Å². The van der Waals surface area contributed by atoms with Crippen molar-refractivity contribution in [2.75, 3.05) is 14.2 Å². The number of esters is 1. The fourth-order valence-electron chi connectivity index (χ4n) is 6.70. The van der Waals surface area contributed by atoms with Crippen LogP contribution in [0.3, 0.4) is 0 Å². The Kier molecular flexibility index (Phi) is 6.52. The summed E-state index contributed by atoms with van der Waals surface area (Å²) in [5, 5.41) is 4.62. The highest BCUT2D eigenvalue weighted by Gasteiger charge is 2.51. The van der Waals surface area contributed by atoms with E-state index < -0.39 is 0 Å². The van der Waals surface area contributed by atoms with E-state index >= 15 is 0 Å². The van der Waals surface area contributed by atoms with Crippen molar-refractivity contribution < 1.29 is 14.3 Å². The van der Waals surface area contributed by atoms with Crippen LogP contribution in [0.25, 0.3) is 5.69 Å². The lowest BCUT2D eigenvalue weighted by atomic mass is 9.51. The first kappa shape index (κ1) is 22.7. The summed E-state index contributed by atoms with van der Waals surface area (Å²) in [5.41, 5.74) is 7.62. The number of rotatable bonds is 5. The van der Waals surface area contributed by atoms with Gasteiger partial charge in [-0.15, -0.1) is 0 Å². The summed E-state index contributed by atoms with van der Waals surface area (Å²) in [7, 11) is 2.88. The Morgan fingerprint density at radius 2 is 1.56 bits per heavy atom. The molecule has 0 unspecified atom stereocenters. The van der Waals surface area contributed by atoms with Gasteiger partial charge in [-0.05, 0) is 93.0 Å². The van der Waals surface area contributed by atoms with Gasteiger partial charge >= 0.3 is 5.97 Å². The minimum Gasteiger partial charge on any atom is -0.465 e. The molecule has 0 saturated heterocycles. The molecule has 0 radical (unpaired) electrons. The summed E-state index contributed by atoms with van der Waals surface area (Å²) in [5.74, 6) is 3.15. The van der Waals surface area contributed by atoms with Crippen LogP contribution < -0.4 is 5.73 Å². The molecule has 1 aromatic heterocycles. The number of ether oxygens (including phenoxy) is 1. The Hall–Kier alpha value is -2.47. The predicted molar refractivity (Wildman–Crippen MR) is 124 cm³/mol. The third kappa shape index (κ3) is 3.90. The number of methoxy groups -OCH3 is 1. The van der Waals surface area contributed by atoms with Crippen molar-refractivity contribution >= 4 is 11.8 Å². The van der Waals surface area contributed by atoms with Gasteiger partial charge in [0.15, 0.2) is 5.78 Å². The van der Waals surface area contributed by atoms with E-state index in [4.69, 9.17) is 4.74 Å². The van der Waals surface area contributed by atoms with E-state index in [1.807, 2.05) is 16.8 Å². The first-order chi connectivity index (χ1) is 15.5. The zero-order valence-corrected chi connectivity index (χ0v) is 19.6. The number of benzene rings is 1. The first-order valence-corrected chi connectivity index (χ1v) is 11.8. The molecule has 6 heteroatoms. The van der Waals surface area contributed by atoms with Gasteiger partial charge in [-0.25, -0.2) is 9.48 Å². The summed E-state index contributed by atoms with van der Waals surface area (Å²) >= 11 is 0. The van der Waals surface area contributed by atoms with E-state index in [1.54, 1.807) is 18.3 Å². The molecule has 0 atom stereocenters. The summed E-state index contributed by atoms with van der Waals surface area (Å²) in [6.45, 7) is 4.23. The highest BCUT2D eigenvalue weighted by molar-refractivity contribution is 5.99. The van der Waals surface area contributed by atoms with Gasteiger partial charge in [0.25, 0.3) is 0 Å². The molecule has 1 aromatic carbocycles. The molecule has 2 N–H and O–H groups in total. The highest BCUT2D eigenvalue weighted by Crippen LogP contribution is 2.57. The molecule has 6 rings (SSSR count). The van der Waals surface area contributed by atoms with Gasteiger partial charge in [-0.2, -0.15) is 5.10 Å². The zero-order valence-electron chi connectivity index (χ0n) is 19.6. The van der Waals surface area contributed by atoms with Crippen LogP contribution in [0.15, 0.2) is 30.5 Å². The van der Waals surface area contributed by atoms with Crippen LogP contribution in [0.5, 0.6) is 0 Å². The second-order valence-corrected chi connectivity index (χ2v) is 9.87. The van der Waals surface area contributed by atoms with Gasteiger partial charge in [0.05, 0.1) is 35.8 Å². The van der Waals surface area contributed by atoms with Gasteiger partial charge in [0.1, 0.15) is 0 Å². The third-order valence-corrected chi connectivity index (χ3v) is 7.68. The summed E-state index contributed by atoms with van der Waals surface area (Å²) in [4.78, 5) is 25.5. The zero-order chi connectivity index (χ0) is 23.0. The van der Waals surface area contributed by atoms with E-state index in [9.17, 15) is 9.59 Å². The third-order valence-electron chi connectivity index (χ3n) is 7.68. The molecule has 4 fully saturated rings.